The lowest BCUT2D eigenvalue weighted by atomic mass is 10.0. The highest BCUT2D eigenvalue weighted by Gasteiger charge is 2.41. The smallest absolute Gasteiger partial charge is 0.143 e. The molecule has 1 aromatic rings. The first kappa shape index (κ1) is 10.7. The summed E-state index contributed by atoms with van der Waals surface area (Å²) in [6.45, 7) is 9.29. The Kier molecular flexibility index (Phi) is 2.36. The molecule has 0 spiro atoms. The van der Waals surface area contributed by atoms with Gasteiger partial charge in [-0.2, -0.15) is 0 Å². The predicted molar refractivity (Wildman–Crippen MR) is 61.7 cm³/mol. The van der Waals surface area contributed by atoms with E-state index in [4.69, 9.17) is 4.74 Å². The van der Waals surface area contributed by atoms with Crippen LogP contribution in [-0.2, 0) is 10.5 Å². The van der Waals surface area contributed by atoms with Crippen LogP contribution in [0.2, 0.25) is 0 Å². The summed E-state index contributed by atoms with van der Waals surface area (Å²) in [6, 6.07) is 8.50. The lowest BCUT2D eigenvalue weighted by molar-refractivity contribution is -0.0839. The van der Waals surface area contributed by atoms with Gasteiger partial charge in [0.25, 0.3) is 0 Å². The molecule has 1 aromatic carbocycles. The van der Waals surface area contributed by atoms with Gasteiger partial charge in [-0.25, -0.2) is 0 Å². The summed E-state index contributed by atoms with van der Waals surface area (Å²) < 4.78 is 6.05. The van der Waals surface area contributed by atoms with Crippen molar-refractivity contribution in [3.63, 3.8) is 0 Å². The maximum atomic E-state index is 6.05. The third-order valence-electron chi connectivity index (χ3n) is 2.93. The molecule has 1 unspecified atom stereocenters. The average molecular weight is 205 g/mol. The number of aryl methyl sites for hydroxylation is 1. The van der Waals surface area contributed by atoms with Crippen LogP contribution in [0.15, 0.2) is 24.3 Å². The molecule has 1 atom stereocenters. The highest BCUT2D eigenvalue weighted by molar-refractivity contribution is 5.26. The number of hydrogen-bond acceptors (Lipinski definition) is 2. The Morgan fingerprint density at radius 1 is 1.13 bits per heavy atom. The molecule has 82 valence electrons. The van der Waals surface area contributed by atoms with Gasteiger partial charge in [0, 0.05) is 6.54 Å². The molecule has 0 aromatic heterocycles. The molecular formula is C13H19NO. The number of rotatable bonds is 1. The van der Waals surface area contributed by atoms with Gasteiger partial charge >= 0.3 is 0 Å². The minimum Gasteiger partial charge on any atom is -0.349 e. The SMILES string of the molecule is Cc1ccc(C2(C)NCC(C)(C)O2)cc1. The van der Waals surface area contributed by atoms with Crippen LogP contribution in [-0.4, -0.2) is 12.1 Å². The maximum absolute atomic E-state index is 6.05. The third-order valence-corrected chi connectivity index (χ3v) is 2.93. The summed E-state index contributed by atoms with van der Waals surface area (Å²) in [5.41, 5.74) is 2.05. The Hall–Kier alpha value is -0.860. The lowest BCUT2D eigenvalue weighted by Gasteiger charge is -2.27. The second kappa shape index (κ2) is 3.32. The Bertz CT molecular complexity index is 355. The Morgan fingerprint density at radius 3 is 2.20 bits per heavy atom. The fourth-order valence-corrected chi connectivity index (χ4v) is 2.04. The number of hydrogen-bond donors (Lipinski definition) is 1. The van der Waals surface area contributed by atoms with Gasteiger partial charge in [-0.05, 0) is 33.3 Å². The Labute approximate surface area is 91.6 Å². The highest BCUT2D eigenvalue weighted by Crippen LogP contribution is 2.33. The second-order valence-electron chi connectivity index (χ2n) is 5.11. The van der Waals surface area contributed by atoms with E-state index in [1.165, 1.54) is 11.1 Å². The van der Waals surface area contributed by atoms with Crippen LogP contribution in [0.1, 0.15) is 31.9 Å². The van der Waals surface area contributed by atoms with E-state index in [0.29, 0.717) is 0 Å². The van der Waals surface area contributed by atoms with E-state index in [-0.39, 0.29) is 11.3 Å². The molecule has 1 fully saturated rings. The molecule has 0 aliphatic carbocycles. The molecule has 1 aliphatic rings. The molecule has 0 bridgehead atoms. The molecule has 1 saturated heterocycles. The van der Waals surface area contributed by atoms with Crippen LogP contribution in [0, 0.1) is 6.92 Å². The zero-order valence-electron chi connectivity index (χ0n) is 9.92. The van der Waals surface area contributed by atoms with Gasteiger partial charge in [-0.3, -0.25) is 5.32 Å². The van der Waals surface area contributed by atoms with Gasteiger partial charge in [0.15, 0.2) is 0 Å². The topological polar surface area (TPSA) is 21.3 Å². The standard InChI is InChI=1S/C13H19NO/c1-10-5-7-11(8-6-10)13(4)14-9-12(2,3)15-13/h5-8,14H,9H2,1-4H3. The van der Waals surface area contributed by atoms with Crippen LogP contribution in [0.3, 0.4) is 0 Å². The van der Waals surface area contributed by atoms with Gasteiger partial charge in [0.05, 0.1) is 5.60 Å². The van der Waals surface area contributed by atoms with Crippen molar-refractivity contribution in [2.45, 2.75) is 39.0 Å². The number of ether oxygens (including phenoxy) is 1. The van der Waals surface area contributed by atoms with Gasteiger partial charge < -0.3 is 4.74 Å². The van der Waals surface area contributed by atoms with Crippen molar-refractivity contribution in [3.8, 4) is 0 Å². The van der Waals surface area contributed by atoms with Gasteiger partial charge in [-0.1, -0.05) is 29.8 Å². The molecule has 15 heavy (non-hydrogen) atoms. The summed E-state index contributed by atoms with van der Waals surface area (Å²) in [6.07, 6.45) is 0. The Morgan fingerprint density at radius 2 is 1.73 bits per heavy atom. The van der Waals surface area contributed by atoms with Crippen molar-refractivity contribution in [1.29, 1.82) is 0 Å². The van der Waals surface area contributed by atoms with E-state index in [1.807, 2.05) is 0 Å². The normalized spacial score (nSPS) is 29.3. The van der Waals surface area contributed by atoms with Gasteiger partial charge in [0.1, 0.15) is 5.72 Å². The van der Waals surface area contributed by atoms with Crippen LogP contribution >= 0.6 is 0 Å². The maximum Gasteiger partial charge on any atom is 0.143 e. The molecule has 1 heterocycles. The third kappa shape index (κ3) is 2.06. The van der Waals surface area contributed by atoms with E-state index in [0.717, 1.165) is 6.54 Å². The van der Waals surface area contributed by atoms with E-state index < -0.39 is 0 Å². The Balaban J connectivity index is 2.27. The molecule has 0 saturated carbocycles. The molecule has 1 aliphatic heterocycles. The van der Waals surface area contributed by atoms with Crippen molar-refractivity contribution < 1.29 is 4.74 Å². The molecule has 0 amide bonds. The largest absolute Gasteiger partial charge is 0.349 e. The quantitative estimate of drug-likeness (QED) is 0.760. The zero-order valence-corrected chi connectivity index (χ0v) is 9.92. The fraction of sp³-hybridized carbons (Fsp3) is 0.538. The summed E-state index contributed by atoms with van der Waals surface area (Å²) in [5, 5.41) is 3.44. The van der Waals surface area contributed by atoms with Gasteiger partial charge in [-0.15, -0.1) is 0 Å². The fourth-order valence-electron chi connectivity index (χ4n) is 2.04. The van der Waals surface area contributed by atoms with E-state index in [2.05, 4.69) is 57.3 Å². The minimum absolute atomic E-state index is 0.0837. The van der Waals surface area contributed by atoms with E-state index in [9.17, 15) is 0 Å². The van der Waals surface area contributed by atoms with E-state index >= 15 is 0 Å². The first-order valence-electron chi connectivity index (χ1n) is 5.44. The van der Waals surface area contributed by atoms with Crippen molar-refractivity contribution in [2.75, 3.05) is 6.54 Å². The molecule has 2 heteroatoms. The van der Waals surface area contributed by atoms with Crippen molar-refractivity contribution in [3.05, 3.63) is 35.4 Å². The molecule has 0 radical (unpaired) electrons. The van der Waals surface area contributed by atoms with Crippen LogP contribution < -0.4 is 5.32 Å². The van der Waals surface area contributed by atoms with E-state index in [1.54, 1.807) is 0 Å². The van der Waals surface area contributed by atoms with Crippen molar-refractivity contribution >= 4 is 0 Å². The molecule has 2 rings (SSSR count). The van der Waals surface area contributed by atoms with Crippen LogP contribution in [0.25, 0.3) is 0 Å². The van der Waals surface area contributed by atoms with Crippen molar-refractivity contribution in [2.24, 2.45) is 0 Å². The molecular weight excluding hydrogens is 186 g/mol. The number of benzene rings is 1. The zero-order chi connectivity index (χ0) is 11.1. The lowest BCUT2D eigenvalue weighted by Crippen LogP contribution is -2.34. The highest BCUT2D eigenvalue weighted by atomic mass is 16.5. The summed E-state index contributed by atoms with van der Waals surface area (Å²) in [5.74, 6) is 0. The van der Waals surface area contributed by atoms with Gasteiger partial charge in [0.2, 0.25) is 0 Å². The first-order valence-corrected chi connectivity index (χ1v) is 5.44. The van der Waals surface area contributed by atoms with Crippen molar-refractivity contribution in [1.82, 2.24) is 5.32 Å². The second-order valence-corrected chi connectivity index (χ2v) is 5.11. The first-order chi connectivity index (χ1) is 6.91. The van der Waals surface area contributed by atoms with Crippen LogP contribution in [0.4, 0.5) is 0 Å². The molecule has 1 N–H and O–H groups in total. The average Bonchev–Trinajstić information content (AvgIpc) is 2.43. The summed E-state index contributed by atoms with van der Waals surface area (Å²) in [7, 11) is 0. The minimum atomic E-state index is -0.336. The van der Waals surface area contributed by atoms with Crippen LogP contribution in [0.5, 0.6) is 0 Å². The molecule has 2 nitrogen and oxygen atoms in total. The predicted octanol–water partition coefficient (Wildman–Crippen LogP) is 2.57. The summed E-state index contributed by atoms with van der Waals surface area (Å²) in [4.78, 5) is 0. The summed E-state index contributed by atoms with van der Waals surface area (Å²) >= 11 is 0. The monoisotopic (exact) mass is 205 g/mol. The number of nitrogens with one attached hydrogen (secondary N) is 1.